The summed E-state index contributed by atoms with van der Waals surface area (Å²) in [5.74, 6) is -0.564. The van der Waals surface area contributed by atoms with Crippen molar-refractivity contribution >= 4 is 11.6 Å². The van der Waals surface area contributed by atoms with Crippen molar-refractivity contribution in [3.8, 4) is 11.5 Å². The Labute approximate surface area is 208 Å². The van der Waals surface area contributed by atoms with Crippen LogP contribution in [0.2, 0.25) is 0 Å². The number of ether oxygens (including phenoxy) is 1. The van der Waals surface area contributed by atoms with Gasteiger partial charge in [0.1, 0.15) is 0 Å². The van der Waals surface area contributed by atoms with Crippen molar-refractivity contribution in [2.24, 2.45) is 17.9 Å². The van der Waals surface area contributed by atoms with E-state index in [1.165, 1.54) is 22.5 Å². The van der Waals surface area contributed by atoms with Gasteiger partial charge in [-0.1, -0.05) is 26.0 Å². The van der Waals surface area contributed by atoms with Crippen LogP contribution in [0, 0.1) is 10.8 Å². The first-order chi connectivity index (χ1) is 16.9. The van der Waals surface area contributed by atoms with Crippen molar-refractivity contribution in [1.29, 1.82) is 0 Å². The predicted molar refractivity (Wildman–Crippen MR) is 132 cm³/mol. The molecule has 1 N–H and O–H groups in total. The molecule has 0 saturated heterocycles. The normalized spacial score (nSPS) is 29.4. The maximum absolute atomic E-state index is 14.1. The van der Waals surface area contributed by atoms with Crippen molar-refractivity contribution in [3.63, 3.8) is 0 Å². The molecule has 0 spiro atoms. The first-order valence-corrected chi connectivity index (χ1v) is 12.2. The fourth-order valence-electron chi connectivity index (χ4n) is 6.67. The van der Waals surface area contributed by atoms with Crippen molar-refractivity contribution in [2.75, 3.05) is 6.61 Å². The van der Waals surface area contributed by atoms with E-state index in [0.717, 1.165) is 10.1 Å². The monoisotopic (exact) mass is 493 g/mol. The molecule has 2 aliphatic carbocycles. The Morgan fingerprint density at radius 1 is 1.06 bits per heavy atom. The van der Waals surface area contributed by atoms with E-state index < -0.39 is 34.2 Å². The van der Waals surface area contributed by atoms with E-state index in [2.05, 4.69) is 0 Å². The molecule has 0 bridgehead atoms. The Kier molecular flexibility index (Phi) is 5.14. The summed E-state index contributed by atoms with van der Waals surface area (Å²) in [5.41, 5.74) is -0.794. The maximum atomic E-state index is 14.1. The summed E-state index contributed by atoms with van der Waals surface area (Å²) in [6.07, 6.45) is 2.12. The smallest absolute Gasteiger partial charge is 0.347 e. The van der Waals surface area contributed by atoms with Crippen molar-refractivity contribution < 1.29 is 19.4 Å². The molecule has 1 saturated carbocycles. The Hall–Kier alpha value is -3.62. The molecule has 36 heavy (non-hydrogen) atoms. The minimum atomic E-state index is -1.16. The Balaban J connectivity index is 1.84. The molecule has 0 amide bonds. The van der Waals surface area contributed by atoms with E-state index in [1.54, 1.807) is 26.0 Å². The molecule has 9 heteroatoms. The topological polar surface area (TPSA) is 113 Å². The van der Waals surface area contributed by atoms with Crippen LogP contribution in [0.3, 0.4) is 0 Å². The molecular weight excluding hydrogens is 462 g/mol. The number of phenolic OH excluding ortho intramolecular Hbond substituents is 1. The predicted octanol–water partition coefficient (Wildman–Crippen LogP) is 2.62. The fraction of sp³-hybridized carbons (Fsp3) is 0.481. The van der Waals surface area contributed by atoms with Crippen LogP contribution >= 0.6 is 0 Å². The summed E-state index contributed by atoms with van der Waals surface area (Å²) < 4.78 is 9.55. The van der Waals surface area contributed by atoms with Gasteiger partial charge in [0.25, 0.3) is 0 Å². The Morgan fingerprint density at radius 2 is 1.72 bits per heavy atom. The van der Waals surface area contributed by atoms with Gasteiger partial charge in [0.2, 0.25) is 0 Å². The van der Waals surface area contributed by atoms with Crippen LogP contribution in [-0.2, 0) is 23.2 Å². The second kappa shape index (κ2) is 7.69. The third kappa shape index (κ3) is 2.77. The zero-order chi connectivity index (χ0) is 26.3. The molecular formula is C27H31N3O6. The van der Waals surface area contributed by atoms with Gasteiger partial charge < -0.3 is 9.84 Å². The zero-order valence-electron chi connectivity index (χ0n) is 21.4. The molecule has 1 aromatic heterocycles. The first-order valence-electron chi connectivity index (χ1n) is 12.2. The van der Waals surface area contributed by atoms with Crippen LogP contribution in [-0.4, -0.2) is 37.2 Å². The van der Waals surface area contributed by atoms with Crippen molar-refractivity contribution in [3.05, 3.63) is 67.5 Å². The van der Waals surface area contributed by atoms with E-state index in [0.29, 0.717) is 23.3 Å². The lowest BCUT2D eigenvalue weighted by Gasteiger charge is -2.58. The summed E-state index contributed by atoms with van der Waals surface area (Å²) in [7, 11) is 1.44. The summed E-state index contributed by atoms with van der Waals surface area (Å²) in [6.45, 7) is 9.35. The SMILES string of the molecule is CCOc1cc([C@H]2C3=CCn4c(=O)n(C)c(=O)n4[C@@H]3C[C@@]3(C)C(=O)C(C)=C(C)C(=O)[C@@]23C)ccc1O. The number of carbonyl (C=O) groups excluding carboxylic acids is 2. The van der Waals surface area contributed by atoms with Gasteiger partial charge in [-0.15, -0.1) is 0 Å². The first kappa shape index (κ1) is 24.1. The molecule has 2 aromatic rings. The molecule has 0 unspecified atom stereocenters. The standard InChI is InChI=1S/C27H31N3O6/c1-7-36-20-12-16(8-9-19(20)31)21-17-10-11-29-24(34)28(6)25(35)30(29)18(17)13-26(4)22(32)14(2)15(3)23(33)27(21,26)5/h8-10,12,18,21,31H,7,11,13H2,1-6H3/t18-,21+,26+,27-/m1/s1. The molecule has 0 radical (unpaired) electrons. The number of fused-ring (bicyclic) bond motifs is 4. The molecule has 9 nitrogen and oxygen atoms in total. The van der Waals surface area contributed by atoms with E-state index in [4.69, 9.17) is 4.74 Å². The quantitative estimate of drug-likeness (QED) is 0.658. The molecule has 1 aromatic carbocycles. The number of nitrogens with zero attached hydrogens (tertiary/aromatic N) is 3. The fourth-order valence-corrected chi connectivity index (χ4v) is 6.67. The maximum Gasteiger partial charge on any atom is 0.347 e. The molecule has 1 aliphatic heterocycles. The number of allylic oxidation sites excluding steroid dienone is 4. The van der Waals surface area contributed by atoms with Gasteiger partial charge in [-0.3, -0.25) is 9.59 Å². The second-order valence-electron chi connectivity index (χ2n) is 10.5. The average Bonchev–Trinajstić information content (AvgIpc) is 3.08. The highest BCUT2D eigenvalue weighted by Crippen LogP contribution is 2.66. The number of aromatic nitrogens is 3. The number of aromatic hydroxyl groups is 1. The number of ketones is 2. The van der Waals surface area contributed by atoms with Crippen LogP contribution in [0.25, 0.3) is 0 Å². The van der Waals surface area contributed by atoms with Gasteiger partial charge in [-0.25, -0.2) is 23.5 Å². The Bertz CT molecular complexity index is 1520. The second-order valence-corrected chi connectivity index (χ2v) is 10.5. The number of rotatable bonds is 3. The Morgan fingerprint density at radius 3 is 2.39 bits per heavy atom. The summed E-state index contributed by atoms with van der Waals surface area (Å²) in [5, 5.41) is 10.4. The van der Waals surface area contributed by atoms with Crippen LogP contribution in [0.4, 0.5) is 0 Å². The molecule has 1 fully saturated rings. The highest BCUT2D eigenvalue weighted by atomic mass is 16.5. The molecule has 190 valence electrons. The van der Waals surface area contributed by atoms with Crippen LogP contribution in [0.5, 0.6) is 11.5 Å². The number of carbonyl (C=O) groups is 2. The average molecular weight is 494 g/mol. The van der Waals surface area contributed by atoms with Gasteiger partial charge in [-0.05, 0) is 61.6 Å². The third-order valence-corrected chi connectivity index (χ3v) is 8.92. The number of phenols is 1. The lowest BCUT2D eigenvalue weighted by Crippen LogP contribution is -2.61. The van der Waals surface area contributed by atoms with Crippen LogP contribution in [0.15, 0.2) is 50.6 Å². The highest BCUT2D eigenvalue weighted by molar-refractivity contribution is 6.17. The molecule has 5 rings (SSSR count). The van der Waals surface area contributed by atoms with E-state index in [9.17, 15) is 24.3 Å². The van der Waals surface area contributed by atoms with Crippen molar-refractivity contribution in [2.45, 2.75) is 59.5 Å². The van der Waals surface area contributed by atoms with E-state index in [-0.39, 0.29) is 36.0 Å². The number of hydrogen-bond donors (Lipinski definition) is 1. The number of Topliss-reactive ketones (excluding diaryl/α,β-unsaturated/α-hetero) is 2. The van der Waals surface area contributed by atoms with Crippen molar-refractivity contribution in [1.82, 2.24) is 13.9 Å². The molecule has 2 heterocycles. The third-order valence-electron chi connectivity index (χ3n) is 8.92. The number of benzene rings is 1. The summed E-state index contributed by atoms with van der Waals surface area (Å²) in [6, 6.07) is 4.40. The summed E-state index contributed by atoms with van der Waals surface area (Å²) in [4.78, 5) is 54.0. The number of hydrogen-bond acceptors (Lipinski definition) is 6. The highest BCUT2D eigenvalue weighted by Gasteiger charge is 2.66. The lowest BCUT2D eigenvalue weighted by atomic mass is 9.43. The lowest BCUT2D eigenvalue weighted by molar-refractivity contribution is -0.151. The summed E-state index contributed by atoms with van der Waals surface area (Å²) >= 11 is 0. The largest absolute Gasteiger partial charge is 0.504 e. The van der Waals surface area contributed by atoms with Gasteiger partial charge in [0, 0.05) is 18.4 Å². The zero-order valence-corrected chi connectivity index (χ0v) is 21.4. The van der Waals surface area contributed by atoms with E-state index >= 15 is 0 Å². The minimum Gasteiger partial charge on any atom is -0.504 e. The van der Waals surface area contributed by atoms with Gasteiger partial charge in [0.15, 0.2) is 23.1 Å². The molecule has 3 aliphatic rings. The minimum absolute atomic E-state index is 0.0235. The van der Waals surface area contributed by atoms with Crippen LogP contribution < -0.4 is 16.1 Å². The molecule has 4 atom stereocenters. The van der Waals surface area contributed by atoms with Crippen LogP contribution in [0.1, 0.15) is 58.6 Å². The van der Waals surface area contributed by atoms with E-state index in [1.807, 2.05) is 26.8 Å². The van der Waals surface area contributed by atoms with Gasteiger partial charge in [-0.2, -0.15) is 0 Å². The van der Waals surface area contributed by atoms with Gasteiger partial charge in [0.05, 0.1) is 24.6 Å². The van der Waals surface area contributed by atoms with Gasteiger partial charge >= 0.3 is 11.4 Å².